The second-order valence-electron chi connectivity index (χ2n) is 5.50. The smallest absolute Gasteiger partial charge is 0.187 e. The fraction of sp³-hybridized carbons (Fsp3) is 0.312. The summed E-state index contributed by atoms with van der Waals surface area (Å²) >= 11 is 1.60. The van der Waals surface area contributed by atoms with Crippen LogP contribution in [-0.4, -0.2) is 37.6 Å². The highest BCUT2D eigenvalue weighted by Crippen LogP contribution is 2.23. The van der Waals surface area contributed by atoms with E-state index in [0.717, 1.165) is 36.9 Å². The summed E-state index contributed by atoms with van der Waals surface area (Å²) in [5, 5.41) is 2.08. The average Bonchev–Trinajstić information content (AvgIpc) is 2.97. The van der Waals surface area contributed by atoms with E-state index >= 15 is 0 Å². The van der Waals surface area contributed by atoms with Crippen molar-refractivity contribution in [2.24, 2.45) is 0 Å². The second kappa shape index (κ2) is 5.70. The topological polar surface area (TPSA) is 57.7 Å². The van der Waals surface area contributed by atoms with Crippen LogP contribution in [0, 0.1) is 0 Å². The summed E-state index contributed by atoms with van der Waals surface area (Å²) in [6.07, 6.45) is 8.88. The number of hydrogen-bond acceptors (Lipinski definition) is 5. The zero-order chi connectivity index (χ0) is 14.9. The van der Waals surface area contributed by atoms with Crippen molar-refractivity contribution >= 4 is 22.8 Å². The van der Waals surface area contributed by atoms with Gasteiger partial charge in [0.2, 0.25) is 0 Å². The molecule has 0 amide bonds. The van der Waals surface area contributed by atoms with Crippen LogP contribution in [-0.2, 0) is 19.5 Å². The summed E-state index contributed by atoms with van der Waals surface area (Å²) in [5.74, 6) is 0. The predicted molar refractivity (Wildman–Crippen MR) is 87.7 cm³/mol. The van der Waals surface area contributed by atoms with Gasteiger partial charge in [-0.25, -0.2) is 15.0 Å². The van der Waals surface area contributed by atoms with E-state index in [2.05, 4.69) is 37.1 Å². The molecule has 0 spiro atoms. The van der Waals surface area contributed by atoms with Crippen molar-refractivity contribution < 1.29 is 0 Å². The molecule has 1 aliphatic rings. The van der Waals surface area contributed by atoms with Gasteiger partial charge in [-0.3, -0.25) is 4.90 Å². The quantitative estimate of drug-likeness (QED) is 0.595. The van der Waals surface area contributed by atoms with Crippen LogP contribution in [0.2, 0.25) is 0 Å². The molecule has 0 fully saturated rings. The van der Waals surface area contributed by atoms with E-state index < -0.39 is 0 Å². The number of rotatable bonds is 3. The van der Waals surface area contributed by atoms with Crippen molar-refractivity contribution in [3.63, 3.8) is 0 Å². The van der Waals surface area contributed by atoms with Gasteiger partial charge in [0.15, 0.2) is 5.16 Å². The first-order valence-corrected chi connectivity index (χ1v) is 8.58. The molecule has 0 aromatic carbocycles. The van der Waals surface area contributed by atoms with Crippen molar-refractivity contribution in [1.29, 1.82) is 0 Å². The third kappa shape index (κ3) is 2.48. The van der Waals surface area contributed by atoms with Gasteiger partial charge in [0.1, 0.15) is 5.65 Å². The molecule has 22 heavy (non-hydrogen) atoms. The molecule has 112 valence electrons. The molecule has 0 saturated carbocycles. The molecule has 1 N–H and O–H groups in total. The van der Waals surface area contributed by atoms with Crippen molar-refractivity contribution in [2.75, 3.05) is 12.8 Å². The Labute approximate surface area is 133 Å². The molecule has 4 heterocycles. The van der Waals surface area contributed by atoms with Gasteiger partial charge in [-0.1, -0.05) is 11.8 Å². The number of aromatic amines is 1. The maximum absolute atomic E-state index is 4.62. The number of hydrogen-bond donors (Lipinski definition) is 1. The van der Waals surface area contributed by atoms with E-state index in [4.69, 9.17) is 0 Å². The molecular weight excluding hydrogens is 294 g/mol. The summed E-state index contributed by atoms with van der Waals surface area (Å²) in [6.45, 7) is 2.87. The average molecular weight is 311 g/mol. The fourth-order valence-electron chi connectivity index (χ4n) is 2.97. The number of fused-ring (bicyclic) bond motifs is 2. The molecule has 3 aromatic rings. The molecule has 0 bridgehead atoms. The Morgan fingerprint density at radius 2 is 2.32 bits per heavy atom. The Morgan fingerprint density at radius 3 is 3.23 bits per heavy atom. The highest BCUT2D eigenvalue weighted by molar-refractivity contribution is 7.98. The van der Waals surface area contributed by atoms with E-state index in [1.807, 2.05) is 24.7 Å². The monoisotopic (exact) mass is 311 g/mol. The number of nitrogens with one attached hydrogen (secondary N) is 1. The van der Waals surface area contributed by atoms with Crippen LogP contribution in [0.5, 0.6) is 0 Å². The van der Waals surface area contributed by atoms with Crippen molar-refractivity contribution in [3.8, 4) is 0 Å². The van der Waals surface area contributed by atoms with Gasteiger partial charge in [-0.05, 0) is 24.0 Å². The zero-order valence-corrected chi connectivity index (χ0v) is 13.2. The molecule has 0 atom stereocenters. The van der Waals surface area contributed by atoms with Gasteiger partial charge in [0.05, 0.1) is 5.69 Å². The Bertz CT molecular complexity index is 813. The first kappa shape index (κ1) is 13.7. The van der Waals surface area contributed by atoms with Crippen LogP contribution in [0.1, 0.15) is 16.8 Å². The maximum atomic E-state index is 4.62. The highest BCUT2D eigenvalue weighted by atomic mass is 32.2. The summed E-state index contributed by atoms with van der Waals surface area (Å²) in [6, 6.07) is 4.11. The lowest BCUT2D eigenvalue weighted by Gasteiger charge is -2.27. The van der Waals surface area contributed by atoms with Crippen LogP contribution < -0.4 is 0 Å². The van der Waals surface area contributed by atoms with Gasteiger partial charge >= 0.3 is 0 Å². The summed E-state index contributed by atoms with van der Waals surface area (Å²) < 4.78 is 0. The molecule has 0 aliphatic carbocycles. The number of H-pyrrole nitrogens is 1. The lowest BCUT2D eigenvalue weighted by Crippen LogP contribution is -2.30. The molecule has 6 heteroatoms. The molecule has 0 radical (unpaired) electrons. The van der Waals surface area contributed by atoms with E-state index in [1.54, 1.807) is 11.8 Å². The molecule has 4 rings (SSSR count). The summed E-state index contributed by atoms with van der Waals surface area (Å²) in [7, 11) is 0. The van der Waals surface area contributed by atoms with Crippen LogP contribution >= 0.6 is 11.8 Å². The van der Waals surface area contributed by atoms with Crippen molar-refractivity contribution in [3.05, 3.63) is 47.5 Å². The first-order chi connectivity index (χ1) is 10.8. The second-order valence-corrected chi connectivity index (χ2v) is 6.28. The highest BCUT2D eigenvalue weighted by Gasteiger charge is 2.19. The minimum absolute atomic E-state index is 0.870. The molecule has 0 unspecified atom stereocenters. The molecule has 5 nitrogen and oxygen atoms in total. The standard InChI is InChI=1S/C16H17N5S/c1-22-16-19-8-12-10-21(6-4-14(12)20-16)9-11-7-18-15-13(11)3-2-5-17-15/h2-3,5,7-8H,4,6,9-10H2,1H3,(H,17,18). The Hall–Kier alpha value is -1.92. The molecule has 0 saturated heterocycles. The minimum Gasteiger partial charge on any atom is -0.346 e. The Kier molecular flexibility index (Phi) is 3.56. The lowest BCUT2D eigenvalue weighted by molar-refractivity contribution is 0.243. The summed E-state index contributed by atoms with van der Waals surface area (Å²) in [4.78, 5) is 19.1. The number of thioether (sulfide) groups is 1. The maximum Gasteiger partial charge on any atom is 0.187 e. The van der Waals surface area contributed by atoms with E-state index in [0.29, 0.717) is 0 Å². The first-order valence-electron chi connectivity index (χ1n) is 7.35. The van der Waals surface area contributed by atoms with Gasteiger partial charge in [0, 0.05) is 55.6 Å². The van der Waals surface area contributed by atoms with E-state index in [9.17, 15) is 0 Å². The van der Waals surface area contributed by atoms with Crippen LogP contribution in [0.15, 0.2) is 35.9 Å². The van der Waals surface area contributed by atoms with Gasteiger partial charge in [-0.15, -0.1) is 0 Å². The van der Waals surface area contributed by atoms with Gasteiger partial charge in [0.25, 0.3) is 0 Å². The fourth-order valence-corrected chi connectivity index (χ4v) is 3.33. The Morgan fingerprint density at radius 1 is 1.36 bits per heavy atom. The predicted octanol–water partition coefficient (Wildman–Crippen LogP) is 2.63. The largest absolute Gasteiger partial charge is 0.346 e. The lowest BCUT2D eigenvalue weighted by atomic mass is 10.1. The number of aromatic nitrogens is 4. The molecule has 1 aliphatic heterocycles. The van der Waals surface area contributed by atoms with Crippen LogP contribution in [0.3, 0.4) is 0 Å². The molecule has 3 aromatic heterocycles. The third-order valence-electron chi connectivity index (χ3n) is 4.10. The van der Waals surface area contributed by atoms with Crippen molar-refractivity contribution in [1.82, 2.24) is 24.8 Å². The zero-order valence-electron chi connectivity index (χ0n) is 12.4. The van der Waals surface area contributed by atoms with Gasteiger partial charge in [-0.2, -0.15) is 0 Å². The third-order valence-corrected chi connectivity index (χ3v) is 4.67. The van der Waals surface area contributed by atoms with E-state index in [-0.39, 0.29) is 0 Å². The Balaban J connectivity index is 1.55. The minimum atomic E-state index is 0.870. The van der Waals surface area contributed by atoms with Crippen LogP contribution in [0.4, 0.5) is 0 Å². The number of pyridine rings is 1. The van der Waals surface area contributed by atoms with Crippen molar-refractivity contribution in [2.45, 2.75) is 24.7 Å². The van der Waals surface area contributed by atoms with E-state index in [1.165, 1.54) is 22.2 Å². The SMILES string of the molecule is CSc1ncc2c(n1)CCN(Cc1c[nH]c3ncccc13)C2. The summed E-state index contributed by atoms with van der Waals surface area (Å²) in [5.41, 5.74) is 4.72. The normalized spacial score (nSPS) is 15.1. The number of nitrogens with zero attached hydrogens (tertiary/aromatic N) is 4. The molecular formula is C16H17N5S. The van der Waals surface area contributed by atoms with Crippen LogP contribution in [0.25, 0.3) is 11.0 Å². The van der Waals surface area contributed by atoms with Gasteiger partial charge < -0.3 is 4.98 Å².